The van der Waals surface area contributed by atoms with Gasteiger partial charge < -0.3 is 9.47 Å². The van der Waals surface area contributed by atoms with Crippen molar-refractivity contribution in [2.45, 2.75) is 45.1 Å². The molecule has 0 fully saturated rings. The molecule has 0 unspecified atom stereocenters. The summed E-state index contributed by atoms with van der Waals surface area (Å²) < 4.78 is 12.2. The highest BCUT2D eigenvalue weighted by Gasteiger charge is 2.31. The monoisotopic (exact) mass is 495 g/mol. The van der Waals surface area contributed by atoms with Crippen LogP contribution in [0.15, 0.2) is 70.9 Å². The van der Waals surface area contributed by atoms with Crippen LogP contribution in [0.4, 0.5) is 15.4 Å². The lowest BCUT2D eigenvalue weighted by molar-refractivity contribution is 0.102. The number of aromatic nitrogens is 2. The van der Waals surface area contributed by atoms with Gasteiger partial charge in [-0.1, -0.05) is 72.4 Å². The number of nitrogens with zero attached hydrogens (tertiary/aromatic N) is 4. The fraction of sp³-hybridized carbons (Fsp3) is 0.280. The maximum Gasteiger partial charge on any atom is 0.435 e. The predicted octanol–water partition coefficient (Wildman–Crippen LogP) is 5.56. The second-order valence-corrected chi connectivity index (χ2v) is 8.71. The Labute approximate surface area is 209 Å². The van der Waals surface area contributed by atoms with E-state index >= 15 is 0 Å². The minimum Gasteiger partial charge on any atom is -0.446 e. The molecule has 9 nitrogen and oxygen atoms in total. The first-order valence-electron chi connectivity index (χ1n) is 11.1. The van der Waals surface area contributed by atoms with E-state index in [1.54, 1.807) is 33.9 Å². The fourth-order valence-corrected chi connectivity index (χ4v) is 3.53. The Morgan fingerprint density at radius 3 is 2.17 bits per heavy atom. The number of hydrogen-bond acceptors (Lipinski definition) is 7. The standard InChI is InChI=1S/C25H29N5O4S/c1-17(2)33-24(31)28-30(25(32)34-18(3)4)22-21(20-14-10-7-11-15-20)27-23(35-5)29(22)26-16-19-12-8-6-9-13-19/h6-18H,1-5H3,(H,28,31)/b26-16+. The highest BCUT2D eigenvalue weighted by molar-refractivity contribution is 7.98. The van der Waals surface area contributed by atoms with Crippen molar-refractivity contribution in [1.29, 1.82) is 0 Å². The van der Waals surface area contributed by atoms with Gasteiger partial charge in [-0.05, 0) is 39.5 Å². The Bertz CT molecular complexity index is 1160. The molecule has 0 saturated carbocycles. The molecule has 10 heteroatoms. The average Bonchev–Trinajstić information content (AvgIpc) is 3.19. The Hall–Kier alpha value is -3.79. The molecular weight excluding hydrogens is 466 g/mol. The van der Waals surface area contributed by atoms with Gasteiger partial charge in [0.05, 0.1) is 18.4 Å². The zero-order chi connectivity index (χ0) is 25.4. The van der Waals surface area contributed by atoms with Crippen molar-refractivity contribution >= 4 is 36.0 Å². The van der Waals surface area contributed by atoms with Crippen LogP contribution in [0.5, 0.6) is 0 Å². The van der Waals surface area contributed by atoms with E-state index in [2.05, 4.69) is 10.5 Å². The Morgan fingerprint density at radius 2 is 1.60 bits per heavy atom. The van der Waals surface area contributed by atoms with Gasteiger partial charge in [0.15, 0.2) is 11.0 Å². The van der Waals surface area contributed by atoms with Crippen molar-refractivity contribution in [2.75, 3.05) is 11.3 Å². The highest BCUT2D eigenvalue weighted by Crippen LogP contribution is 2.34. The third kappa shape index (κ3) is 6.86. The summed E-state index contributed by atoms with van der Waals surface area (Å²) in [7, 11) is 0. The molecule has 3 rings (SSSR count). The molecule has 0 radical (unpaired) electrons. The molecule has 184 valence electrons. The van der Waals surface area contributed by atoms with Crippen molar-refractivity contribution in [1.82, 2.24) is 15.1 Å². The number of hydrogen-bond donors (Lipinski definition) is 1. The fourth-order valence-electron chi connectivity index (χ4n) is 3.05. The molecule has 0 aliphatic rings. The molecule has 2 amide bonds. The predicted molar refractivity (Wildman–Crippen MR) is 138 cm³/mol. The number of carbonyl (C=O) groups excluding carboxylic acids is 2. The minimum absolute atomic E-state index is 0.207. The molecule has 0 aliphatic heterocycles. The van der Waals surface area contributed by atoms with Crippen LogP contribution >= 0.6 is 11.8 Å². The number of hydrazine groups is 1. The maximum atomic E-state index is 13.2. The summed E-state index contributed by atoms with van der Waals surface area (Å²) in [5.41, 5.74) is 4.53. The van der Waals surface area contributed by atoms with Crippen LogP contribution in [-0.4, -0.2) is 46.5 Å². The summed E-state index contributed by atoms with van der Waals surface area (Å²) in [6.07, 6.45) is 1.06. The molecule has 3 aromatic rings. The maximum absolute atomic E-state index is 13.2. The first-order valence-corrected chi connectivity index (χ1v) is 12.3. The zero-order valence-corrected chi connectivity index (χ0v) is 21.2. The van der Waals surface area contributed by atoms with Crippen molar-refractivity contribution in [3.8, 4) is 11.3 Å². The summed E-state index contributed by atoms with van der Waals surface area (Å²) in [5.74, 6) is 0.207. The highest BCUT2D eigenvalue weighted by atomic mass is 32.2. The average molecular weight is 496 g/mol. The number of imidazole rings is 1. The van der Waals surface area contributed by atoms with Crippen LogP contribution in [0.3, 0.4) is 0 Å². The molecule has 0 atom stereocenters. The lowest BCUT2D eigenvalue weighted by Crippen LogP contribution is -2.49. The largest absolute Gasteiger partial charge is 0.446 e. The van der Waals surface area contributed by atoms with E-state index in [-0.39, 0.29) is 5.82 Å². The van der Waals surface area contributed by atoms with Gasteiger partial charge in [0.25, 0.3) is 0 Å². The second kappa shape index (κ2) is 12.1. The number of ether oxygens (including phenoxy) is 2. The molecule has 1 aromatic heterocycles. The number of thioether (sulfide) groups is 1. The smallest absolute Gasteiger partial charge is 0.435 e. The van der Waals surface area contributed by atoms with Gasteiger partial charge in [0.2, 0.25) is 0 Å². The lowest BCUT2D eigenvalue weighted by Gasteiger charge is -2.24. The zero-order valence-electron chi connectivity index (χ0n) is 20.3. The number of benzene rings is 2. The minimum atomic E-state index is -0.815. The van der Waals surface area contributed by atoms with E-state index in [0.717, 1.165) is 16.1 Å². The normalized spacial score (nSPS) is 11.2. The number of carbonyl (C=O) groups is 2. The van der Waals surface area contributed by atoms with Crippen LogP contribution in [0, 0.1) is 0 Å². The molecule has 0 bridgehead atoms. The van der Waals surface area contributed by atoms with Crippen molar-refractivity contribution in [2.24, 2.45) is 5.10 Å². The van der Waals surface area contributed by atoms with Gasteiger partial charge in [0, 0.05) is 5.56 Å². The van der Waals surface area contributed by atoms with E-state index in [9.17, 15) is 9.59 Å². The Balaban J connectivity index is 2.21. The summed E-state index contributed by atoms with van der Waals surface area (Å²) in [4.78, 5) is 30.5. The first kappa shape index (κ1) is 25.8. The number of rotatable bonds is 7. The third-order valence-electron chi connectivity index (χ3n) is 4.43. The van der Waals surface area contributed by atoms with Crippen LogP contribution in [-0.2, 0) is 9.47 Å². The van der Waals surface area contributed by atoms with Crippen LogP contribution in [0.2, 0.25) is 0 Å². The van der Waals surface area contributed by atoms with Gasteiger partial charge in [0.1, 0.15) is 5.69 Å². The molecular formula is C25H29N5O4S. The topological polar surface area (TPSA) is 98.0 Å². The van der Waals surface area contributed by atoms with Gasteiger partial charge in [-0.25, -0.2) is 20.0 Å². The van der Waals surface area contributed by atoms with Crippen molar-refractivity contribution in [3.63, 3.8) is 0 Å². The molecule has 1 heterocycles. The number of amides is 2. The van der Waals surface area contributed by atoms with Gasteiger partial charge in [-0.15, -0.1) is 0 Å². The SMILES string of the molecule is CSc1nc(-c2ccccc2)c(N(NC(=O)OC(C)C)C(=O)OC(C)C)n1/N=C/c1ccccc1. The summed E-state index contributed by atoms with van der Waals surface area (Å²) in [5, 5.41) is 6.11. The number of nitrogens with one attached hydrogen (secondary N) is 1. The van der Waals surface area contributed by atoms with E-state index in [0.29, 0.717) is 10.9 Å². The Kier molecular flexibility index (Phi) is 8.91. The van der Waals surface area contributed by atoms with E-state index < -0.39 is 24.4 Å². The number of anilines is 1. The van der Waals surface area contributed by atoms with Crippen LogP contribution in [0.1, 0.15) is 33.3 Å². The van der Waals surface area contributed by atoms with Gasteiger partial charge in [-0.2, -0.15) is 14.8 Å². The van der Waals surface area contributed by atoms with Crippen molar-refractivity contribution < 1.29 is 19.1 Å². The van der Waals surface area contributed by atoms with Crippen molar-refractivity contribution in [3.05, 3.63) is 66.2 Å². The van der Waals surface area contributed by atoms with Gasteiger partial charge >= 0.3 is 12.2 Å². The summed E-state index contributed by atoms with van der Waals surface area (Å²) >= 11 is 1.35. The van der Waals surface area contributed by atoms with E-state index in [1.807, 2.05) is 66.9 Å². The van der Waals surface area contributed by atoms with E-state index in [1.165, 1.54) is 16.4 Å². The molecule has 2 aromatic carbocycles. The second-order valence-electron chi connectivity index (χ2n) is 7.94. The summed E-state index contributed by atoms with van der Waals surface area (Å²) in [6.45, 7) is 6.87. The van der Waals surface area contributed by atoms with Crippen LogP contribution in [0.25, 0.3) is 11.3 Å². The van der Waals surface area contributed by atoms with E-state index in [4.69, 9.17) is 14.5 Å². The van der Waals surface area contributed by atoms with Crippen LogP contribution < -0.4 is 10.4 Å². The quantitative estimate of drug-likeness (QED) is 0.262. The lowest BCUT2D eigenvalue weighted by atomic mass is 10.1. The molecule has 35 heavy (non-hydrogen) atoms. The first-order chi connectivity index (χ1) is 16.8. The molecule has 0 spiro atoms. The molecule has 0 saturated heterocycles. The third-order valence-corrected chi connectivity index (χ3v) is 5.06. The Morgan fingerprint density at radius 1 is 1.00 bits per heavy atom. The molecule has 0 aliphatic carbocycles. The molecule has 1 N–H and O–H groups in total. The summed E-state index contributed by atoms with van der Waals surface area (Å²) in [6, 6.07) is 18.8. The van der Waals surface area contributed by atoms with Gasteiger partial charge in [-0.3, -0.25) is 0 Å².